The zero-order valence-electron chi connectivity index (χ0n) is 15.7. The molecule has 0 saturated carbocycles. The summed E-state index contributed by atoms with van der Waals surface area (Å²) < 4.78 is 5.35. The molecule has 3 aliphatic heterocycles. The number of carbonyl (C=O) groups is 3. The Bertz CT molecular complexity index is 1080. The summed E-state index contributed by atoms with van der Waals surface area (Å²) in [5.74, 6) is -2.50. The van der Waals surface area contributed by atoms with Gasteiger partial charge in [-0.3, -0.25) is 14.4 Å². The zero-order valence-corrected chi connectivity index (χ0v) is 15.7. The van der Waals surface area contributed by atoms with Crippen LogP contribution in [-0.4, -0.2) is 35.8 Å². The molecular formula is C22H19N3O4. The molecule has 0 unspecified atom stereocenters. The van der Waals surface area contributed by atoms with Gasteiger partial charge < -0.3 is 15.4 Å². The summed E-state index contributed by atoms with van der Waals surface area (Å²) in [7, 11) is 1.49. The van der Waals surface area contributed by atoms with Crippen LogP contribution >= 0.6 is 0 Å². The fourth-order valence-electron chi connectivity index (χ4n) is 4.93. The molecule has 29 heavy (non-hydrogen) atoms. The third kappa shape index (κ3) is 2.27. The number of rotatable bonds is 3. The first-order valence-corrected chi connectivity index (χ1v) is 9.39. The van der Waals surface area contributed by atoms with Crippen LogP contribution in [0.25, 0.3) is 6.08 Å². The quantitative estimate of drug-likeness (QED) is 0.807. The van der Waals surface area contributed by atoms with Gasteiger partial charge in [-0.15, -0.1) is 0 Å². The topological polar surface area (TPSA) is 92.9 Å². The summed E-state index contributed by atoms with van der Waals surface area (Å²) in [5, 5.41) is 0. The second kappa shape index (κ2) is 6.20. The predicted molar refractivity (Wildman–Crippen MR) is 106 cm³/mol. The molecule has 0 radical (unpaired) electrons. The zero-order chi connectivity index (χ0) is 20.3. The number of hydrogen-bond acceptors (Lipinski definition) is 5. The van der Waals surface area contributed by atoms with Crippen molar-refractivity contribution in [3.05, 3.63) is 65.9 Å². The molecular weight excluding hydrogens is 370 g/mol. The van der Waals surface area contributed by atoms with Gasteiger partial charge in [-0.2, -0.15) is 0 Å². The third-order valence-corrected chi connectivity index (χ3v) is 6.08. The lowest BCUT2D eigenvalue weighted by molar-refractivity contribution is -0.129. The number of para-hydroxylation sites is 2. The molecule has 0 bridgehead atoms. The third-order valence-electron chi connectivity index (χ3n) is 6.08. The van der Waals surface area contributed by atoms with E-state index in [4.69, 9.17) is 10.5 Å². The molecule has 2 aromatic carbocycles. The Morgan fingerprint density at radius 1 is 1.00 bits per heavy atom. The number of carbonyl (C=O) groups excluding carboxylic acids is 3. The lowest BCUT2D eigenvalue weighted by Crippen LogP contribution is -2.46. The van der Waals surface area contributed by atoms with Crippen molar-refractivity contribution in [3.63, 3.8) is 0 Å². The molecule has 2 saturated heterocycles. The molecule has 3 heterocycles. The monoisotopic (exact) mass is 389 g/mol. The van der Waals surface area contributed by atoms with Gasteiger partial charge in [0, 0.05) is 6.20 Å². The highest BCUT2D eigenvalue weighted by molar-refractivity contribution is 6.24. The lowest BCUT2D eigenvalue weighted by atomic mass is 9.84. The highest BCUT2D eigenvalue weighted by atomic mass is 16.5. The van der Waals surface area contributed by atoms with E-state index in [1.54, 1.807) is 35.4 Å². The van der Waals surface area contributed by atoms with E-state index in [9.17, 15) is 14.4 Å². The molecule has 2 fully saturated rings. The van der Waals surface area contributed by atoms with E-state index in [-0.39, 0.29) is 5.91 Å². The number of hydrogen-bond donors (Lipinski definition) is 1. The van der Waals surface area contributed by atoms with Gasteiger partial charge in [-0.05, 0) is 29.3 Å². The van der Waals surface area contributed by atoms with Crippen molar-refractivity contribution < 1.29 is 19.1 Å². The maximum atomic E-state index is 13.5. The highest BCUT2D eigenvalue weighted by Crippen LogP contribution is 2.53. The van der Waals surface area contributed by atoms with E-state index in [1.807, 2.05) is 30.3 Å². The Morgan fingerprint density at radius 2 is 1.69 bits per heavy atom. The highest BCUT2D eigenvalue weighted by Gasteiger charge is 2.64. The van der Waals surface area contributed by atoms with E-state index < -0.39 is 35.7 Å². The van der Waals surface area contributed by atoms with Crippen LogP contribution in [0.3, 0.4) is 0 Å². The molecule has 7 nitrogen and oxygen atoms in total. The standard InChI is InChI=1S/C22H19N3O4/c1-29-15-9-5-4-8-14(15)25-21(27)16-17(22(25)28)19(20(23)26)24-11-10-12-6-2-3-7-13(12)18(16)24/h2-11,16-19H,1H3,(H2,23,26)/t16-,17+,18+,19-/m0/s1. The summed E-state index contributed by atoms with van der Waals surface area (Å²) >= 11 is 0. The first-order valence-electron chi connectivity index (χ1n) is 9.39. The van der Waals surface area contributed by atoms with Crippen LogP contribution in [0.5, 0.6) is 5.75 Å². The summed E-state index contributed by atoms with van der Waals surface area (Å²) in [6, 6.07) is 13.3. The van der Waals surface area contributed by atoms with Gasteiger partial charge in [0.05, 0.1) is 30.7 Å². The minimum absolute atomic E-state index is 0.339. The number of imide groups is 1. The Labute approximate surface area is 167 Å². The summed E-state index contributed by atoms with van der Waals surface area (Å²) in [6.45, 7) is 0. The Morgan fingerprint density at radius 3 is 2.45 bits per heavy atom. The van der Waals surface area contributed by atoms with Gasteiger partial charge in [-0.1, -0.05) is 36.4 Å². The van der Waals surface area contributed by atoms with Gasteiger partial charge in [0.2, 0.25) is 17.7 Å². The molecule has 2 aromatic rings. The minimum Gasteiger partial charge on any atom is -0.495 e. The number of primary amides is 1. The average Bonchev–Trinajstić information content (AvgIpc) is 3.21. The number of nitrogens with two attached hydrogens (primary N) is 1. The van der Waals surface area contributed by atoms with Crippen molar-refractivity contribution >= 4 is 29.5 Å². The second-order valence-corrected chi connectivity index (χ2v) is 7.42. The SMILES string of the molecule is COc1ccccc1N1C(=O)[C@@H]2[C@H](C1=O)[C@H]1c3ccccc3C=CN1[C@@H]2C(N)=O. The minimum atomic E-state index is -0.884. The van der Waals surface area contributed by atoms with Crippen molar-refractivity contribution in [2.75, 3.05) is 12.0 Å². The van der Waals surface area contributed by atoms with Crippen LogP contribution in [-0.2, 0) is 14.4 Å². The molecule has 0 spiro atoms. The van der Waals surface area contributed by atoms with Crippen LogP contribution in [0.4, 0.5) is 5.69 Å². The van der Waals surface area contributed by atoms with Gasteiger partial charge in [-0.25, -0.2) is 4.90 Å². The molecule has 3 aliphatic rings. The number of nitrogens with zero attached hydrogens (tertiary/aromatic N) is 2. The van der Waals surface area contributed by atoms with E-state index in [1.165, 1.54) is 7.11 Å². The van der Waals surface area contributed by atoms with Crippen LogP contribution in [0, 0.1) is 11.8 Å². The van der Waals surface area contributed by atoms with Crippen LogP contribution in [0.1, 0.15) is 17.2 Å². The smallest absolute Gasteiger partial charge is 0.240 e. The van der Waals surface area contributed by atoms with Crippen molar-refractivity contribution in [3.8, 4) is 5.75 Å². The van der Waals surface area contributed by atoms with Gasteiger partial charge in [0.1, 0.15) is 11.8 Å². The van der Waals surface area contributed by atoms with E-state index in [2.05, 4.69) is 0 Å². The fraction of sp³-hybridized carbons (Fsp3) is 0.227. The molecule has 3 amide bonds. The lowest BCUT2D eigenvalue weighted by Gasteiger charge is -2.34. The first kappa shape index (κ1) is 17.5. The Kier molecular flexibility index (Phi) is 3.74. The second-order valence-electron chi connectivity index (χ2n) is 7.42. The summed E-state index contributed by atoms with van der Waals surface area (Å²) in [4.78, 5) is 42.3. The number of amides is 3. The van der Waals surface area contributed by atoms with Gasteiger partial charge in [0.25, 0.3) is 0 Å². The number of fused-ring (bicyclic) bond motifs is 5. The molecule has 146 valence electrons. The predicted octanol–water partition coefficient (Wildman–Crippen LogP) is 1.70. The van der Waals surface area contributed by atoms with Gasteiger partial charge in [0.15, 0.2) is 0 Å². The number of benzene rings is 2. The van der Waals surface area contributed by atoms with Crippen LogP contribution in [0.15, 0.2) is 54.7 Å². The van der Waals surface area contributed by atoms with E-state index >= 15 is 0 Å². The number of ether oxygens (including phenoxy) is 1. The van der Waals surface area contributed by atoms with E-state index in [0.29, 0.717) is 11.4 Å². The fourth-order valence-corrected chi connectivity index (χ4v) is 4.93. The molecule has 0 aliphatic carbocycles. The number of methoxy groups -OCH3 is 1. The average molecular weight is 389 g/mol. The van der Waals surface area contributed by atoms with Crippen LogP contribution in [0.2, 0.25) is 0 Å². The Hall–Kier alpha value is -3.61. The molecule has 4 atom stereocenters. The van der Waals surface area contributed by atoms with Crippen molar-refractivity contribution in [2.45, 2.75) is 12.1 Å². The van der Waals surface area contributed by atoms with Crippen molar-refractivity contribution in [1.82, 2.24) is 4.90 Å². The maximum absolute atomic E-state index is 13.5. The molecule has 7 heteroatoms. The molecule has 0 aromatic heterocycles. The van der Waals surface area contributed by atoms with Crippen LogP contribution < -0.4 is 15.4 Å². The first-order chi connectivity index (χ1) is 14.0. The normalized spacial score (nSPS) is 26.9. The van der Waals surface area contributed by atoms with Gasteiger partial charge >= 0.3 is 0 Å². The maximum Gasteiger partial charge on any atom is 0.240 e. The largest absolute Gasteiger partial charge is 0.495 e. The van der Waals surface area contributed by atoms with Crippen molar-refractivity contribution in [2.24, 2.45) is 17.6 Å². The Balaban J connectivity index is 1.66. The summed E-state index contributed by atoms with van der Waals surface area (Å²) in [5.41, 5.74) is 7.97. The molecule has 5 rings (SSSR count). The van der Waals surface area contributed by atoms with E-state index in [0.717, 1.165) is 16.0 Å². The molecule has 2 N–H and O–H groups in total. The summed E-state index contributed by atoms with van der Waals surface area (Å²) in [6.07, 6.45) is 3.66. The van der Waals surface area contributed by atoms with Crippen molar-refractivity contribution in [1.29, 1.82) is 0 Å². The number of anilines is 1.